The summed E-state index contributed by atoms with van der Waals surface area (Å²) in [4.78, 5) is 32.5. The van der Waals surface area contributed by atoms with Gasteiger partial charge >= 0.3 is 5.97 Å². The number of nitro benzene ring substituents is 1. The molecule has 0 aliphatic rings. The normalized spacial score (nSPS) is 12.3. The van der Waals surface area contributed by atoms with Crippen LogP contribution in [0.25, 0.3) is 0 Å². The van der Waals surface area contributed by atoms with Gasteiger partial charge in [-0.25, -0.2) is 13.2 Å². The Bertz CT molecular complexity index is 698. The highest BCUT2D eigenvalue weighted by molar-refractivity contribution is 7.90. The standard InChI is InChI=1S/C13H16N2O7S/c1-9(16)14-12(13(17)22-2)8-23(20,21)7-10-3-5-11(6-4-10)15(18)19/h3-6,12H,7-8H2,1-2H3,(H,14,16)/t12-/m0/s1. The summed E-state index contributed by atoms with van der Waals surface area (Å²) in [6, 6.07) is 3.72. The van der Waals surface area contributed by atoms with Gasteiger partial charge in [0.1, 0.15) is 6.04 Å². The van der Waals surface area contributed by atoms with E-state index >= 15 is 0 Å². The molecule has 23 heavy (non-hydrogen) atoms. The van der Waals surface area contributed by atoms with Gasteiger partial charge in [0.25, 0.3) is 5.69 Å². The Morgan fingerprint density at radius 2 is 1.87 bits per heavy atom. The first-order valence-electron chi connectivity index (χ1n) is 6.43. The number of carbonyl (C=O) groups excluding carboxylic acids is 2. The van der Waals surface area contributed by atoms with Crippen LogP contribution in [0.1, 0.15) is 12.5 Å². The number of nitrogens with one attached hydrogen (secondary N) is 1. The van der Waals surface area contributed by atoms with E-state index in [9.17, 15) is 28.1 Å². The van der Waals surface area contributed by atoms with Crippen molar-refractivity contribution < 1.29 is 27.7 Å². The second-order valence-electron chi connectivity index (χ2n) is 4.75. The number of benzene rings is 1. The summed E-state index contributed by atoms with van der Waals surface area (Å²) in [6.07, 6.45) is 0. The summed E-state index contributed by atoms with van der Waals surface area (Å²) in [5.74, 6) is -2.48. The van der Waals surface area contributed by atoms with Crippen LogP contribution in [0.4, 0.5) is 5.69 Å². The number of carbonyl (C=O) groups is 2. The fraction of sp³-hybridized carbons (Fsp3) is 0.385. The molecule has 0 aliphatic heterocycles. The molecule has 1 aromatic rings. The number of nitro groups is 1. The fourth-order valence-electron chi connectivity index (χ4n) is 1.84. The molecule has 0 fully saturated rings. The molecule has 0 spiro atoms. The average molecular weight is 344 g/mol. The van der Waals surface area contributed by atoms with Crippen LogP contribution < -0.4 is 5.32 Å². The molecular weight excluding hydrogens is 328 g/mol. The van der Waals surface area contributed by atoms with E-state index in [1.807, 2.05) is 0 Å². The van der Waals surface area contributed by atoms with Crippen molar-refractivity contribution in [3.63, 3.8) is 0 Å². The molecule has 0 aliphatic carbocycles. The molecular formula is C13H16N2O7S. The molecule has 1 aromatic carbocycles. The quantitative estimate of drug-likeness (QED) is 0.424. The molecule has 0 radical (unpaired) electrons. The van der Waals surface area contributed by atoms with E-state index in [0.717, 1.165) is 14.0 Å². The monoisotopic (exact) mass is 344 g/mol. The van der Waals surface area contributed by atoms with E-state index < -0.39 is 44.2 Å². The molecule has 1 amide bonds. The zero-order valence-electron chi connectivity index (χ0n) is 12.5. The third kappa shape index (κ3) is 6.02. The molecule has 1 rings (SSSR count). The lowest BCUT2D eigenvalue weighted by Gasteiger charge is -2.15. The molecule has 0 saturated carbocycles. The van der Waals surface area contributed by atoms with Crippen molar-refractivity contribution in [3.8, 4) is 0 Å². The van der Waals surface area contributed by atoms with Crippen LogP contribution in [0.5, 0.6) is 0 Å². The third-order valence-corrected chi connectivity index (χ3v) is 4.43. The van der Waals surface area contributed by atoms with Gasteiger partial charge in [-0.3, -0.25) is 14.9 Å². The number of esters is 1. The molecule has 9 nitrogen and oxygen atoms in total. The lowest BCUT2D eigenvalue weighted by molar-refractivity contribution is -0.384. The van der Waals surface area contributed by atoms with Crippen LogP contribution in [0.15, 0.2) is 24.3 Å². The van der Waals surface area contributed by atoms with Gasteiger partial charge in [0.15, 0.2) is 9.84 Å². The highest BCUT2D eigenvalue weighted by Gasteiger charge is 2.27. The van der Waals surface area contributed by atoms with Crippen molar-refractivity contribution in [2.75, 3.05) is 12.9 Å². The van der Waals surface area contributed by atoms with E-state index in [0.29, 0.717) is 5.56 Å². The Balaban J connectivity index is 2.86. The van der Waals surface area contributed by atoms with Crippen LogP contribution in [0, 0.1) is 10.1 Å². The molecule has 0 saturated heterocycles. The summed E-state index contributed by atoms with van der Waals surface area (Å²) in [6.45, 7) is 1.15. The summed E-state index contributed by atoms with van der Waals surface area (Å²) >= 11 is 0. The minimum Gasteiger partial charge on any atom is -0.467 e. The van der Waals surface area contributed by atoms with Crippen LogP contribution in [-0.2, 0) is 29.9 Å². The van der Waals surface area contributed by atoms with Crippen LogP contribution in [0.2, 0.25) is 0 Å². The maximum atomic E-state index is 12.1. The van der Waals surface area contributed by atoms with Gasteiger partial charge in [0, 0.05) is 19.1 Å². The number of rotatable bonds is 7. The first-order chi connectivity index (χ1) is 10.6. The van der Waals surface area contributed by atoms with Gasteiger partial charge in [0.05, 0.1) is 23.5 Å². The molecule has 1 N–H and O–H groups in total. The zero-order valence-corrected chi connectivity index (χ0v) is 13.3. The lowest BCUT2D eigenvalue weighted by Crippen LogP contribution is -2.45. The Kier molecular flexibility index (Phi) is 6.19. The van der Waals surface area contributed by atoms with Crippen molar-refractivity contribution in [2.24, 2.45) is 0 Å². The first-order valence-corrected chi connectivity index (χ1v) is 8.25. The molecule has 126 valence electrons. The zero-order chi connectivity index (χ0) is 17.6. The predicted octanol–water partition coefficient (Wildman–Crippen LogP) is 0.187. The van der Waals surface area contributed by atoms with Gasteiger partial charge in [-0.1, -0.05) is 12.1 Å². The molecule has 0 unspecified atom stereocenters. The summed E-state index contributed by atoms with van der Waals surface area (Å²) in [7, 11) is -2.67. The maximum Gasteiger partial charge on any atom is 0.329 e. The number of amides is 1. The number of methoxy groups -OCH3 is 1. The van der Waals surface area contributed by atoms with Crippen LogP contribution >= 0.6 is 0 Å². The highest BCUT2D eigenvalue weighted by Crippen LogP contribution is 2.14. The summed E-state index contributed by atoms with van der Waals surface area (Å²) < 4.78 is 28.7. The van der Waals surface area contributed by atoms with Crippen molar-refractivity contribution in [3.05, 3.63) is 39.9 Å². The average Bonchev–Trinajstić information content (AvgIpc) is 2.45. The van der Waals surface area contributed by atoms with E-state index in [2.05, 4.69) is 10.1 Å². The number of ether oxygens (including phenoxy) is 1. The predicted molar refractivity (Wildman–Crippen MR) is 80.2 cm³/mol. The van der Waals surface area contributed by atoms with Crippen LogP contribution in [-0.4, -0.2) is 44.1 Å². The Morgan fingerprint density at radius 1 is 1.30 bits per heavy atom. The van der Waals surface area contributed by atoms with Crippen molar-refractivity contribution in [2.45, 2.75) is 18.7 Å². The second-order valence-corrected chi connectivity index (χ2v) is 6.86. The largest absolute Gasteiger partial charge is 0.467 e. The van der Waals surface area contributed by atoms with Crippen molar-refractivity contribution in [1.29, 1.82) is 0 Å². The van der Waals surface area contributed by atoms with E-state index in [-0.39, 0.29) is 5.69 Å². The third-order valence-electron chi connectivity index (χ3n) is 2.82. The van der Waals surface area contributed by atoms with Gasteiger partial charge in [0.2, 0.25) is 5.91 Å². The molecule has 0 aromatic heterocycles. The SMILES string of the molecule is COC(=O)[C@H](CS(=O)(=O)Cc1ccc([N+](=O)[O-])cc1)NC(C)=O. The Hall–Kier alpha value is -2.49. The number of sulfone groups is 1. The first kappa shape index (κ1) is 18.6. The van der Waals surface area contributed by atoms with Gasteiger partial charge in [-0.2, -0.15) is 0 Å². The number of nitrogens with zero attached hydrogens (tertiary/aromatic N) is 1. The van der Waals surface area contributed by atoms with E-state index in [4.69, 9.17) is 0 Å². The van der Waals surface area contributed by atoms with Gasteiger partial charge < -0.3 is 10.1 Å². The smallest absolute Gasteiger partial charge is 0.329 e. The molecule has 0 heterocycles. The second kappa shape index (κ2) is 7.68. The lowest BCUT2D eigenvalue weighted by atomic mass is 10.2. The number of non-ortho nitro benzene ring substituents is 1. The van der Waals surface area contributed by atoms with Crippen LogP contribution in [0.3, 0.4) is 0 Å². The Labute approximate surface area is 132 Å². The number of hydrogen-bond acceptors (Lipinski definition) is 7. The summed E-state index contributed by atoms with van der Waals surface area (Å²) in [5, 5.41) is 12.8. The minimum atomic E-state index is -3.75. The van der Waals surface area contributed by atoms with Gasteiger partial charge in [-0.15, -0.1) is 0 Å². The highest BCUT2D eigenvalue weighted by atomic mass is 32.2. The van der Waals surface area contributed by atoms with Crippen molar-refractivity contribution in [1.82, 2.24) is 5.32 Å². The fourth-order valence-corrected chi connectivity index (χ4v) is 3.38. The molecule has 10 heteroatoms. The molecule has 0 bridgehead atoms. The Morgan fingerprint density at radius 3 is 2.30 bits per heavy atom. The summed E-state index contributed by atoms with van der Waals surface area (Å²) in [5.41, 5.74) is 0.180. The molecule has 1 atom stereocenters. The minimum absolute atomic E-state index is 0.156. The van der Waals surface area contributed by atoms with Gasteiger partial charge in [-0.05, 0) is 5.56 Å². The van der Waals surface area contributed by atoms with E-state index in [1.54, 1.807) is 0 Å². The topological polar surface area (TPSA) is 133 Å². The van der Waals surface area contributed by atoms with Crippen molar-refractivity contribution >= 4 is 27.4 Å². The number of hydrogen-bond donors (Lipinski definition) is 1. The van der Waals surface area contributed by atoms with E-state index in [1.165, 1.54) is 24.3 Å². The maximum absolute atomic E-state index is 12.1.